The van der Waals surface area contributed by atoms with Gasteiger partial charge in [-0.15, -0.1) is 12.4 Å². The van der Waals surface area contributed by atoms with Gasteiger partial charge in [-0.2, -0.15) is 0 Å². The summed E-state index contributed by atoms with van der Waals surface area (Å²) in [7, 11) is -0.430. The maximum atomic E-state index is 12.4. The number of aromatic nitrogens is 2. The van der Waals surface area contributed by atoms with Gasteiger partial charge >= 0.3 is 7.05 Å². The molecule has 0 amide bonds. The van der Waals surface area contributed by atoms with Gasteiger partial charge in [0.25, 0.3) is 0 Å². The third-order valence-electron chi connectivity index (χ3n) is 10.5. The quantitative estimate of drug-likeness (QED) is 0.211. The van der Waals surface area contributed by atoms with Crippen LogP contribution in [0.25, 0.3) is 23.3 Å². The fourth-order valence-electron chi connectivity index (χ4n) is 7.87. The minimum absolute atomic E-state index is 0. The molecule has 276 valence electrons. The fraction of sp³-hybridized carbons (Fsp3) is 0.325. The number of carbonyl (C=O) groups excluding carboxylic acids is 1. The molecule has 9 nitrogen and oxygen atoms in total. The van der Waals surface area contributed by atoms with Gasteiger partial charge in [0.05, 0.1) is 30.1 Å². The summed E-state index contributed by atoms with van der Waals surface area (Å²) in [5, 5.41) is 24.6. The highest BCUT2D eigenvalue weighted by Crippen LogP contribution is 2.42. The lowest BCUT2D eigenvalue weighted by molar-refractivity contribution is -0.111. The molecule has 2 atom stereocenters. The molecule has 8 rings (SSSR count). The van der Waals surface area contributed by atoms with E-state index in [9.17, 15) is 14.9 Å². The number of nitrogens with zero attached hydrogens (tertiary/aromatic N) is 5. The lowest BCUT2D eigenvalue weighted by Gasteiger charge is -2.40. The number of ketones is 1. The molecule has 2 unspecified atom stereocenters. The van der Waals surface area contributed by atoms with E-state index in [4.69, 9.17) is 33.2 Å². The number of aliphatic hydroxyl groups excluding tert-OH is 1. The number of aliphatic hydroxyl groups is 1. The number of benzene rings is 2. The van der Waals surface area contributed by atoms with Gasteiger partial charge in [0.2, 0.25) is 0 Å². The summed E-state index contributed by atoms with van der Waals surface area (Å²) in [4.78, 5) is 28.7. The average Bonchev–Trinajstić information content (AvgIpc) is 3.39. The number of hydrogen-bond donors (Lipinski definition) is 3. The number of allylic oxidation sites excluding steroid dienone is 1. The number of rotatable bonds is 5. The van der Waals surface area contributed by atoms with Crippen LogP contribution in [0.1, 0.15) is 63.8 Å². The first-order valence-electron chi connectivity index (χ1n) is 17.9. The number of carbonyl (C=O) groups is 1. The molecule has 2 aromatic heterocycles. The predicted molar refractivity (Wildman–Crippen MR) is 217 cm³/mol. The van der Waals surface area contributed by atoms with Crippen LogP contribution in [0.5, 0.6) is 0 Å². The number of hydrogen-bond acceptors (Lipinski definition) is 9. The molecule has 0 spiro atoms. The average molecular weight is 774 g/mol. The predicted octanol–water partition coefficient (Wildman–Crippen LogP) is 5.99. The third-order valence-corrected chi connectivity index (χ3v) is 10.9. The first kappa shape index (κ1) is 39.3. The van der Waals surface area contributed by atoms with E-state index in [-0.39, 0.29) is 36.9 Å². The van der Waals surface area contributed by atoms with Gasteiger partial charge in [-0.1, -0.05) is 47.5 Å². The molecule has 3 N–H and O–H groups in total. The largest absolute Gasteiger partial charge is 0.437 e. The molecule has 2 aliphatic heterocycles. The lowest BCUT2D eigenvalue weighted by Crippen LogP contribution is -2.52. The van der Waals surface area contributed by atoms with Crippen LogP contribution in [0.3, 0.4) is 0 Å². The molecule has 4 aliphatic rings. The molecule has 2 fully saturated rings. The van der Waals surface area contributed by atoms with Gasteiger partial charge in [-0.05, 0) is 101 Å². The summed E-state index contributed by atoms with van der Waals surface area (Å²) in [5.41, 5.74) is 9.69. The standard InChI is InChI=1S/C20H23BClN3O2.C20H20ClN3O.ClH/c1-21(27)25-9-7-24(8-10-25)20-17-5-4-16(22)12-18(17)15(13-26)11-14-3-2-6-23-19(14)20;1-13(25)17-11-14-3-2-6-23-19(14)20(24-9-7-22-8-10-24)16-5-4-15(21)12-18(16)17;/h2-6,11-12,20,26-27H,7-10,13H2,1H3;2-6,11-12,20,22H,7-10H2,1H3;1H. The zero-order valence-corrected chi connectivity index (χ0v) is 32.2. The molecule has 13 heteroatoms. The Hall–Kier alpha value is -3.42. The van der Waals surface area contributed by atoms with Crippen LogP contribution in [0.15, 0.2) is 73.1 Å². The Morgan fingerprint density at radius 2 is 1.34 bits per heavy atom. The van der Waals surface area contributed by atoms with E-state index in [1.54, 1.807) is 6.92 Å². The normalized spacial score (nSPS) is 20.0. The van der Waals surface area contributed by atoms with E-state index < -0.39 is 7.05 Å². The van der Waals surface area contributed by atoms with Crippen molar-refractivity contribution in [2.75, 3.05) is 59.0 Å². The number of pyridine rings is 2. The summed E-state index contributed by atoms with van der Waals surface area (Å²) in [6, 6.07) is 19.7. The van der Waals surface area contributed by atoms with Crippen molar-refractivity contribution < 1.29 is 14.9 Å². The summed E-state index contributed by atoms with van der Waals surface area (Å²) in [6.07, 6.45) is 7.63. The minimum atomic E-state index is -0.430. The van der Waals surface area contributed by atoms with Gasteiger partial charge in [0, 0.05) is 80.4 Å². The summed E-state index contributed by atoms with van der Waals surface area (Å²) in [6.45, 7) is 10.4. The van der Waals surface area contributed by atoms with Gasteiger partial charge < -0.3 is 20.3 Å². The van der Waals surface area contributed by atoms with E-state index in [0.29, 0.717) is 15.6 Å². The second-order valence-corrected chi connectivity index (χ2v) is 14.5. The fourth-order valence-corrected chi connectivity index (χ4v) is 8.21. The maximum absolute atomic E-state index is 12.4. The van der Waals surface area contributed by atoms with Crippen molar-refractivity contribution in [1.29, 1.82) is 0 Å². The molecule has 2 saturated heterocycles. The smallest absolute Gasteiger partial charge is 0.376 e. The first-order valence-corrected chi connectivity index (χ1v) is 18.6. The highest BCUT2D eigenvalue weighted by atomic mass is 35.5. The Balaban J connectivity index is 0.000000178. The van der Waals surface area contributed by atoms with E-state index in [2.05, 4.69) is 26.0 Å². The second-order valence-electron chi connectivity index (χ2n) is 13.7. The van der Waals surface area contributed by atoms with Gasteiger partial charge in [0.1, 0.15) is 0 Å². The van der Waals surface area contributed by atoms with Crippen LogP contribution in [0.2, 0.25) is 16.9 Å². The van der Waals surface area contributed by atoms with Crippen LogP contribution in [-0.2, 0) is 4.79 Å². The van der Waals surface area contributed by atoms with Crippen molar-refractivity contribution in [3.8, 4) is 0 Å². The van der Waals surface area contributed by atoms with E-state index in [0.717, 1.165) is 103 Å². The molecule has 2 aromatic carbocycles. The van der Waals surface area contributed by atoms with Gasteiger partial charge in [-0.3, -0.25) is 24.6 Å². The monoisotopic (exact) mass is 772 g/mol. The van der Waals surface area contributed by atoms with Crippen molar-refractivity contribution in [3.05, 3.63) is 128 Å². The zero-order valence-electron chi connectivity index (χ0n) is 29.9. The lowest BCUT2D eigenvalue weighted by atomic mass is 9.84. The number of piperazine rings is 2. The van der Waals surface area contributed by atoms with Crippen LogP contribution in [0, 0.1) is 0 Å². The van der Waals surface area contributed by atoms with Crippen molar-refractivity contribution in [1.82, 2.24) is 29.9 Å². The third kappa shape index (κ3) is 8.32. The van der Waals surface area contributed by atoms with Crippen molar-refractivity contribution >= 4 is 71.7 Å². The summed E-state index contributed by atoms with van der Waals surface area (Å²) in [5.74, 6) is 0.0410. The number of Topliss-reactive ketones (excluding diaryl/α,β-unsaturated/α-hetero) is 1. The molecule has 4 heterocycles. The number of halogens is 3. The highest BCUT2D eigenvalue weighted by molar-refractivity contribution is 6.45. The van der Waals surface area contributed by atoms with E-state index in [1.165, 1.54) is 0 Å². The highest BCUT2D eigenvalue weighted by Gasteiger charge is 2.34. The molecule has 0 bridgehead atoms. The van der Waals surface area contributed by atoms with Crippen LogP contribution >= 0.6 is 35.6 Å². The molecular weight excluding hydrogens is 730 g/mol. The van der Waals surface area contributed by atoms with E-state index in [1.807, 2.05) is 86.0 Å². The molecule has 0 radical (unpaired) electrons. The molecule has 0 saturated carbocycles. The minimum Gasteiger partial charge on any atom is -0.437 e. The first-order chi connectivity index (χ1) is 25.2. The Morgan fingerprint density at radius 3 is 1.89 bits per heavy atom. The summed E-state index contributed by atoms with van der Waals surface area (Å²) >= 11 is 12.5. The zero-order chi connectivity index (χ0) is 36.4. The van der Waals surface area contributed by atoms with Crippen LogP contribution in [0.4, 0.5) is 0 Å². The molecule has 2 aliphatic carbocycles. The number of fused-ring (bicyclic) bond motifs is 4. The number of nitrogens with one attached hydrogen (secondary N) is 1. The summed E-state index contributed by atoms with van der Waals surface area (Å²) < 4.78 is 0. The Bertz CT molecular complexity index is 2010. The van der Waals surface area contributed by atoms with Crippen LogP contribution < -0.4 is 5.32 Å². The SMILES string of the molecule is CB(O)N1CCN(C2c3ccc(Cl)cc3C(CO)=Cc3cccnc32)CC1.CC(=O)C1=Cc2cccnc2C(N2CCNCC2)c2ccc(Cl)cc21.Cl. The molecule has 53 heavy (non-hydrogen) atoms. The van der Waals surface area contributed by atoms with Crippen molar-refractivity contribution in [2.45, 2.75) is 25.8 Å². The van der Waals surface area contributed by atoms with Gasteiger partial charge in [-0.25, -0.2) is 0 Å². The van der Waals surface area contributed by atoms with E-state index >= 15 is 0 Å². The van der Waals surface area contributed by atoms with Crippen molar-refractivity contribution in [3.63, 3.8) is 0 Å². The maximum Gasteiger partial charge on any atom is 0.376 e. The Labute approximate surface area is 327 Å². The molecule has 4 aromatic rings. The second kappa shape index (κ2) is 17.4. The van der Waals surface area contributed by atoms with Crippen molar-refractivity contribution in [2.24, 2.45) is 0 Å². The van der Waals surface area contributed by atoms with Gasteiger partial charge in [0.15, 0.2) is 5.78 Å². The molecular formula is C40H44BCl3N6O3. The Morgan fingerprint density at radius 1 is 0.811 bits per heavy atom. The van der Waals surface area contributed by atoms with Crippen LogP contribution in [-0.4, -0.2) is 107 Å². The Kier molecular flexibility index (Phi) is 12.9. The topological polar surface area (TPSA) is 105 Å².